The monoisotopic (exact) mass is 491 g/mol. The number of rotatable bonds is 7. The summed E-state index contributed by atoms with van der Waals surface area (Å²) in [4.78, 5) is 10.7. The molecular formula is C29H34FN3O3. The van der Waals surface area contributed by atoms with Gasteiger partial charge in [0.2, 0.25) is 0 Å². The Hall–Kier alpha value is -3.61. The second-order valence-electron chi connectivity index (χ2n) is 11.6. The lowest BCUT2D eigenvalue weighted by molar-refractivity contribution is -0.384. The zero-order valence-corrected chi connectivity index (χ0v) is 22.0. The molecule has 0 aliphatic heterocycles. The number of nitro groups is 1. The Balaban J connectivity index is 2.23. The van der Waals surface area contributed by atoms with Gasteiger partial charge in [-0.25, -0.2) is 4.39 Å². The van der Waals surface area contributed by atoms with Crippen molar-refractivity contribution in [2.24, 2.45) is 15.6 Å². The Morgan fingerprint density at radius 1 is 0.861 bits per heavy atom. The number of phenolic OH excluding ortho intramolecular Hbond substituents is 1. The third-order valence-corrected chi connectivity index (χ3v) is 6.41. The molecule has 0 spiro atoms. The predicted octanol–water partition coefficient (Wildman–Crippen LogP) is 8.89. The molecule has 0 amide bonds. The lowest BCUT2D eigenvalue weighted by atomic mass is 9.70. The smallest absolute Gasteiger partial charge is 0.299 e. The van der Waals surface area contributed by atoms with Crippen LogP contribution in [0.2, 0.25) is 0 Å². The average molecular weight is 492 g/mol. The fourth-order valence-corrected chi connectivity index (χ4v) is 4.84. The summed E-state index contributed by atoms with van der Waals surface area (Å²) in [6.07, 6.45) is 0.871. The molecule has 0 saturated carbocycles. The van der Waals surface area contributed by atoms with Crippen molar-refractivity contribution in [3.63, 3.8) is 0 Å². The molecule has 6 nitrogen and oxygen atoms in total. The van der Waals surface area contributed by atoms with E-state index in [0.717, 1.165) is 29.7 Å². The summed E-state index contributed by atoms with van der Waals surface area (Å²) < 4.78 is 13.6. The van der Waals surface area contributed by atoms with Gasteiger partial charge in [-0.15, -0.1) is 10.2 Å². The van der Waals surface area contributed by atoms with E-state index < -0.39 is 21.8 Å². The van der Waals surface area contributed by atoms with Crippen LogP contribution >= 0.6 is 0 Å². The highest BCUT2D eigenvalue weighted by Crippen LogP contribution is 2.47. The number of phenols is 1. The minimum Gasteiger partial charge on any atom is -0.505 e. The highest BCUT2D eigenvalue weighted by molar-refractivity contribution is 5.63. The molecular weight excluding hydrogens is 457 g/mol. The number of aromatic hydroxyl groups is 1. The van der Waals surface area contributed by atoms with Gasteiger partial charge in [0.15, 0.2) is 5.69 Å². The van der Waals surface area contributed by atoms with Crippen molar-refractivity contribution in [2.75, 3.05) is 0 Å². The van der Waals surface area contributed by atoms with Crippen molar-refractivity contribution in [1.29, 1.82) is 0 Å². The van der Waals surface area contributed by atoms with Crippen LogP contribution in [0.5, 0.6) is 5.75 Å². The maximum absolute atomic E-state index is 13.6. The second-order valence-corrected chi connectivity index (χ2v) is 11.6. The highest BCUT2D eigenvalue weighted by atomic mass is 19.1. The predicted molar refractivity (Wildman–Crippen MR) is 141 cm³/mol. The number of nitro benzene ring substituents is 1. The summed E-state index contributed by atoms with van der Waals surface area (Å²) in [7, 11) is 0. The van der Waals surface area contributed by atoms with Crippen molar-refractivity contribution < 1.29 is 14.4 Å². The lowest BCUT2D eigenvalue weighted by Crippen LogP contribution is -2.26. The molecule has 36 heavy (non-hydrogen) atoms. The zero-order valence-electron chi connectivity index (χ0n) is 22.0. The minimum atomic E-state index is -0.735. The van der Waals surface area contributed by atoms with E-state index in [2.05, 4.69) is 44.8 Å². The van der Waals surface area contributed by atoms with Gasteiger partial charge in [-0.2, -0.15) is 0 Å². The maximum Gasteiger partial charge on any atom is 0.299 e. The van der Waals surface area contributed by atoms with Crippen LogP contribution in [0.25, 0.3) is 0 Å². The zero-order chi connectivity index (χ0) is 26.9. The molecule has 3 aromatic rings. The molecule has 0 unspecified atom stereocenters. The average Bonchev–Trinajstić information content (AvgIpc) is 2.77. The van der Waals surface area contributed by atoms with E-state index in [9.17, 15) is 19.6 Å². The van der Waals surface area contributed by atoms with Gasteiger partial charge in [-0.1, -0.05) is 84.9 Å². The third kappa shape index (κ3) is 5.96. The molecule has 0 atom stereocenters. The van der Waals surface area contributed by atoms with E-state index >= 15 is 0 Å². The van der Waals surface area contributed by atoms with Crippen LogP contribution in [0.3, 0.4) is 0 Å². The van der Waals surface area contributed by atoms with Crippen LogP contribution in [-0.2, 0) is 10.8 Å². The first-order chi connectivity index (χ1) is 16.6. The molecule has 0 fully saturated rings. The molecule has 0 saturated heterocycles. The van der Waals surface area contributed by atoms with Crippen molar-refractivity contribution in [3.8, 4) is 5.75 Å². The maximum atomic E-state index is 13.6. The Labute approximate surface area is 212 Å². The topological polar surface area (TPSA) is 88.1 Å². The molecule has 3 rings (SSSR count). The fourth-order valence-electron chi connectivity index (χ4n) is 4.84. The molecule has 190 valence electrons. The van der Waals surface area contributed by atoms with Gasteiger partial charge in [0.1, 0.15) is 17.3 Å². The normalized spacial score (nSPS) is 12.8. The quantitative estimate of drug-likeness (QED) is 0.203. The van der Waals surface area contributed by atoms with Crippen LogP contribution in [-0.4, -0.2) is 10.0 Å². The molecule has 0 heterocycles. The van der Waals surface area contributed by atoms with E-state index in [4.69, 9.17) is 0 Å². The van der Waals surface area contributed by atoms with Crippen molar-refractivity contribution in [1.82, 2.24) is 0 Å². The molecule has 0 aliphatic carbocycles. The molecule has 0 radical (unpaired) electrons. The first-order valence-electron chi connectivity index (χ1n) is 11.9. The van der Waals surface area contributed by atoms with Crippen molar-refractivity contribution in [2.45, 2.75) is 65.7 Å². The largest absolute Gasteiger partial charge is 0.505 e. The summed E-state index contributed by atoms with van der Waals surface area (Å²) in [5, 5.41) is 31.0. The van der Waals surface area contributed by atoms with Gasteiger partial charge >= 0.3 is 0 Å². The van der Waals surface area contributed by atoms with E-state index in [1.165, 1.54) is 6.07 Å². The molecule has 7 heteroatoms. The summed E-state index contributed by atoms with van der Waals surface area (Å²) in [5.74, 6) is -0.783. The summed E-state index contributed by atoms with van der Waals surface area (Å²) in [6, 6.07) is 16.8. The highest BCUT2D eigenvalue weighted by Gasteiger charge is 2.33. The number of halogens is 1. The van der Waals surface area contributed by atoms with Gasteiger partial charge in [-0.05, 0) is 46.6 Å². The minimum absolute atomic E-state index is 0.0484. The van der Waals surface area contributed by atoms with Crippen LogP contribution in [0.1, 0.15) is 71.6 Å². The number of azo groups is 1. The first-order valence-corrected chi connectivity index (χ1v) is 11.9. The SMILES string of the molecule is CC(C)(C)CC(C)(C)c1cc(N=Nc2ccc(F)cc2[N+](=O)[O-])c(O)c(C(C)(C)c2ccccc2)c1. The van der Waals surface area contributed by atoms with Gasteiger partial charge < -0.3 is 5.11 Å². The van der Waals surface area contributed by atoms with E-state index in [-0.39, 0.29) is 28.0 Å². The first kappa shape index (κ1) is 27.0. The Kier molecular flexibility index (Phi) is 7.35. The molecule has 0 aromatic heterocycles. The number of hydrogen-bond acceptors (Lipinski definition) is 5. The Bertz CT molecular complexity index is 1290. The summed E-state index contributed by atoms with van der Waals surface area (Å²) in [5.41, 5.74) is 1.50. The number of benzene rings is 3. The van der Waals surface area contributed by atoms with Crippen LogP contribution in [0, 0.1) is 21.3 Å². The number of hydrogen-bond donors (Lipinski definition) is 1. The summed E-state index contributed by atoms with van der Waals surface area (Å²) in [6.45, 7) is 14.9. The standard InChI is InChI=1S/C29H34FN3O3/c1-27(2,3)18-28(4,5)20-15-22(29(6,7)19-11-9-8-10-12-19)26(34)24(16-20)32-31-23-14-13-21(30)17-25(23)33(35)36/h8-17,34H,18H2,1-7H3. The van der Waals surface area contributed by atoms with E-state index in [1.54, 1.807) is 6.07 Å². The van der Waals surface area contributed by atoms with E-state index in [1.807, 2.05) is 50.2 Å². The number of nitrogens with zero attached hydrogens (tertiary/aromatic N) is 3. The van der Waals surface area contributed by atoms with E-state index in [0.29, 0.717) is 5.56 Å². The van der Waals surface area contributed by atoms with Crippen LogP contribution < -0.4 is 0 Å². The van der Waals surface area contributed by atoms with Crippen LogP contribution in [0.15, 0.2) is 70.9 Å². The van der Waals surface area contributed by atoms with Crippen LogP contribution in [0.4, 0.5) is 21.5 Å². The lowest BCUT2D eigenvalue weighted by Gasteiger charge is -2.35. The van der Waals surface area contributed by atoms with Gasteiger partial charge in [0.25, 0.3) is 5.69 Å². The molecule has 1 N–H and O–H groups in total. The van der Waals surface area contributed by atoms with Crippen molar-refractivity contribution in [3.05, 3.63) is 93.3 Å². The third-order valence-electron chi connectivity index (χ3n) is 6.41. The van der Waals surface area contributed by atoms with Gasteiger partial charge in [0, 0.05) is 11.0 Å². The second kappa shape index (κ2) is 9.80. The van der Waals surface area contributed by atoms with Gasteiger partial charge in [0.05, 0.1) is 11.0 Å². The Morgan fingerprint density at radius 2 is 1.47 bits per heavy atom. The Morgan fingerprint density at radius 3 is 2.06 bits per heavy atom. The molecule has 3 aromatic carbocycles. The van der Waals surface area contributed by atoms with Crippen molar-refractivity contribution >= 4 is 17.1 Å². The molecule has 0 bridgehead atoms. The summed E-state index contributed by atoms with van der Waals surface area (Å²) >= 11 is 0. The molecule has 0 aliphatic rings. The fraction of sp³-hybridized carbons (Fsp3) is 0.379. The van der Waals surface area contributed by atoms with Gasteiger partial charge in [-0.3, -0.25) is 10.1 Å².